The zero-order valence-electron chi connectivity index (χ0n) is 11.7. The maximum absolute atomic E-state index is 12.7. The summed E-state index contributed by atoms with van der Waals surface area (Å²) in [7, 11) is -3.23. The van der Waals surface area contributed by atoms with Crippen molar-refractivity contribution in [3.8, 4) is 0 Å². The molecule has 5 nitrogen and oxygen atoms in total. The summed E-state index contributed by atoms with van der Waals surface area (Å²) in [5, 5.41) is 3.54. The Morgan fingerprint density at radius 3 is 2.26 bits per heavy atom. The van der Waals surface area contributed by atoms with E-state index >= 15 is 0 Å². The average molecular weight is 287 g/mol. The van der Waals surface area contributed by atoms with Crippen molar-refractivity contribution in [2.75, 3.05) is 26.2 Å². The van der Waals surface area contributed by atoms with Crippen molar-refractivity contribution in [2.45, 2.75) is 51.1 Å². The summed E-state index contributed by atoms with van der Waals surface area (Å²) in [6.45, 7) is 4.94. The summed E-state index contributed by atoms with van der Waals surface area (Å²) in [6.07, 6.45) is 5.28. The SMILES string of the molecule is CC1CCN(S(=O)(=O)N2CCC3CCC(C2)N3)CC1. The molecule has 0 aromatic rings. The number of rotatable bonds is 2. The van der Waals surface area contributed by atoms with E-state index in [9.17, 15) is 8.42 Å². The predicted molar refractivity (Wildman–Crippen MR) is 75.0 cm³/mol. The van der Waals surface area contributed by atoms with Crippen LogP contribution in [0.2, 0.25) is 0 Å². The first-order valence-corrected chi connectivity index (χ1v) is 8.96. The topological polar surface area (TPSA) is 52.7 Å². The minimum atomic E-state index is -3.23. The largest absolute Gasteiger partial charge is 0.310 e. The normalized spacial score (nSPS) is 35.4. The van der Waals surface area contributed by atoms with E-state index in [-0.39, 0.29) is 0 Å². The molecule has 2 atom stereocenters. The Labute approximate surface area is 116 Å². The van der Waals surface area contributed by atoms with Gasteiger partial charge in [-0.3, -0.25) is 0 Å². The molecule has 3 aliphatic rings. The van der Waals surface area contributed by atoms with Gasteiger partial charge in [0.05, 0.1) is 0 Å². The molecule has 3 aliphatic heterocycles. The molecule has 19 heavy (non-hydrogen) atoms. The summed E-state index contributed by atoms with van der Waals surface area (Å²) < 4.78 is 28.8. The van der Waals surface area contributed by atoms with E-state index in [0.717, 1.165) is 25.7 Å². The molecule has 1 N–H and O–H groups in total. The predicted octanol–water partition coefficient (Wildman–Crippen LogP) is 0.789. The first kappa shape index (κ1) is 13.8. The third-order valence-electron chi connectivity index (χ3n) is 4.88. The zero-order valence-corrected chi connectivity index (χ0v) is 12.5. The maximum atomic E-state index is 12.7. The van der Waals surface area contributed by atoms with Crippen LogP contribution in [-0.4, -0.2) is 55.3 Å². The summed E-state index contributed by atoms with van der Waals surface area (Å²) >= 11 is 0. The number of hydrogen-bond donors (Lipinski definition) is 1. The van der Waals surface area contributed by atoms with Gasteiger partial charge in [0.15, 0.2) is 0 Å². The van der Waals surface area contributed by atoms with Crippen molar-refractivity contribution >= 4 is 10.2 Å². The van der Waals surface area contributed by atoms with Gasteiger partial charge in [0.25, 0.3) is 10.2 Å². The fourth-order valence-corrected chi connectivity index (χ4v) is 5.20. The van der Waals surface area contributed by atoms with Gasteiger partial charge < -0.3 is 5.32 Å². The minimum Gasteiger partial charge on any atom is -0.310 e. The van der Waals surface area contributed by atoms with E-state index in [4.69, 9.17) is 0 Å². The van der Waals surface area contributed by atoms with Crippen molar-refractivity contribution in [3.63, 3.8) is 0 Å². The van der Waals surface area contributed by atoms with Crippen LogP contribution < -0.4 is 5.32 Å². The fraction of sp³-hybridized carbons (Fsp3) is 1.00. The summed E-state index contributed by atoms with van der Waals surface area (Å²) in [5.41, 5.74) is 0. The van der Waals surface area contributed by atoms with Crippen molar-refractivity contribution in [1.29, 1.82) is 0 Å². The minimum absolute atomic E-state index is 0.367. The second kappa shape index (κ2) is 5.31. The molecule has 0 radical (unpaired) electrons. The van der Waals surface area contributed by atoms with E-state index in [1.165, 1.54) is 6.42 Å². The van der Waals surface area contributed by atoms with Gasteiger partial charge >= 0.3 is 0 Å². The molecule has 3 saturated heterocycles. The Morgan fingerprint density at radius 2 is 1.53 bits per heavy atom. The van der Waals surface area contributed by atoms with E-state index in [1.807, 2.05) is 0 Å². The molecule has 6 heteroatoms. The van der Waals surface area contributed by atoms with Crippen LogP contribution in [0.1, 0.15) is 39.0 Å². The van der Waals surface area contributed by atoms with Gasteiger partial charge in [-0.2, -0.15) is 17.0 Å². The highest BCUT2D eigenvalue weighted by molar-refractivity contribution is 7.86. The van der Waals surface area contributed by atoms with Crippen LogP contribution in [0.4, 0.5) is 0 Å². The molecule has 110 valence electrons. The lowest BCUT2D eigenvalue weighted by atomic mass is 10.0. The van der Waals surface area contributed by atoms with Crippen molar-refractivity contribution < 1.29 is 8.42 Å². The van der Waals surface area contributed by atoms with Crippen molar-refractivity contribution in [2.24, 2.45) is 5.92 Å². The Morgan fingerprint density at radius 1 is 0.895 bits per heavy atom. The van der Waals surface area contributed by atoms with Crippen LogP contribution in [0.25, 0.3) is 0 Å². The molecule has 3 fully saturated rings. The quantitative estimate of drug-likeness (QED) is 0.817. The molecule has 0 aromatic heterocycles. The standard InChI is InChI=1S/C13H25N3O2S/c1-11-4-7-15(8-5-11)19(17,18)16-9-6-12-2-3-13(10-16)14-12/h11-14H,2-10H2,1H3. The monoisotopic (exact) mass is 287 g/mol. The average Bonchev–Trinajstić information content (AvgIpc) is 2.69. The maximum Gasteiger partial charge on any atom is 0.282 e. The summed E-state index contributed by atoms with van der Waals surface area (Å²) in [5.74, 6) is 0.660. The Kier molecular flexibility index (Phi) is 3.86. The van der Waals surface area contributed by atoms with Gasteiger partial charge in [0.2, 0.25) is 0 Å². The van der Waals surface area contributed by atoms with E-state index in [0.29, 0.717) is 44.2 Å². The molecule has 2 bridgehead atoms. The molecular formula is C13H25N3O2S. The van der Waals surface area contributed by atoms with Gasteiger partial charge in [0, 0.05) is 38.3 Å². The highest BCUT2D eigenvalue weighted by Gasteiger charge is 2.37. The van der Waals surface area contributed by atoms with Gasteiger partial charge in [0.1, 0.15) is 0 Å². The number of nitrogens with zero attached hydrogens (tertiary/aromatic N) is 2. The van der Waals surface area contributed by atoms with Crippen LogP contribution in [0.5, 0.6) is 0 Å². The Balaban J connectivity index is 1.69. The Hall–Kier alpha value is -0.170. The lowest BCUT2D eigenvalue weighted by Gasteiger charge is -2.34. The van der Waals surface area contributed by atoms with E-state index in [1.54, 1.807) is 8.61 Å². The van der Waals surface area contributed by atoms with Crippen LogP contribution >= 0.6 is 0 Å². The molecule has 2 unspecified atom stereocenters. The van der Waals surface area contributed by atoms with Crippen LogP contribution in [-0.2, 0) is 10.2 Å². The lowest BCUT2D eigenvalue weighted by Crippen LogP contribution is -2.49. The zero-order chi connectivity index (χ0) is 13.5. The highest BCUT2D eigenvalue weighted by atomic mass is 32.2. The molecular weight excluding hydrogens is 262 g/mol. The van der Waals surface area contributed by atoms with E-state index < -0.39 is 10.2 Å². The molecule has 3 heterocycles. The number of hydrogen-bond acceptors (Lipinski definition) is 3. The fourth-order valence-electron chi connectivity index (χ4n) is 3.50. The first-order chi connectivity index (χ1) is 9.05. The van der Waals surface area contributed by atoms with E-state index in [2.05, 4.69) is 12.2 Å². The molecule has 0 amide bonds. The van der Waals surface area contributed by atoms with Crippen LogP contribution in [0, 0.1) is 5.92 Å². The lowest BCUT2D eigenvalue weighted by molar-refractivity contribution is 0.260. The van der Waals surface area contributed by atoms with Crippen molar-refractivity contribution in [1.82, 2.24) is 13.9 Å². The van der Waals surface area contributed by atoms with Crippen LogP contribution in [0.3, 0.4) is 0 Å². The van der Waals surface area contributed by atoms with Crippen molar-refractivity contribution in [3.05, 3.63) is 0 Å². The summed E-state index contributed by atoms with van der Waals surface area (Å²) in [4.78, 5) is 0. The van der Waals surface area contributed by atoms with Gasteiger partial charge in [-0.05, 0) is 38.0 Å². The first-order valence-electron chi connectivity index (χ1n) is 7.57. The smallest absolute Gasteiger partial charge is 0.282 e. The molecule has 0 saturated carbocycles. The molecule has 0 aliphatic carbocycles. The van der Waals surface area contributed by atoms with Crippen LogP contribution in [0.15, 0.2) is 0 Å². The van der Waals surface area contributed by atoms with Gasteiger partial charge in [-0.1, -0.05) is 6.92 Å². The Bertz CT molecular complexity index is 418. The van der Waals surface area contributed by atoms with Gasteiger partial charge in [-0.15, -0.1) is 0 Å². The molecule has 0 spiro atoms. The van der Waals surface area contributed by atoms with Gasteiger partial charge in [-0.25, -0.2) is 0 Å². The molecule has 0 aromatic carbocycles. The second-order valence-corrected chi connectivity index (χ2v) is 8.30. The second-order valence-electron chi connectivity index (χ2n) is 6.37. The third-order valence-corrected chi connectivity index (χ3v) is 6.88. The summed E-state index contributed by atoms with van der Waals surface area (Å²) in [6, 6.07) is 0.901. The number of fused-ring (bicyclic) bond motifs is 2. The number of piperidine rings is 1. The highest BCUT2D eigenvalue weighted by Crippen LogP contribution is 2.25. The number of nitrogens with one attached hydrogen (secondary N) is 1. The molecule has 3 rings (SSSR count). The third kappa shape index (κ3) is 2.82.